The van der Waals surface area contributed by atoms with Crippen molar-refractivity contribution in [3.05, 3.63) is 76.7 Å². The average molecular weight is 581 g/mol. The monoisotopic (exact) mass is 580 g/mol. The van der Waals surface area contributed by atoms with Crippen LogP contribution in [0.2, 0.25) is 0 Å². The summed E-state index contributed by atoms with van der Waals surface area (Å²) in [6.45, 7) is 1.72. The minimum Gasteiger partial charge on any atom is -0.481 e. The number of nitrogens with zero attached hydrogens (tertiary/aromatic N) is 3. The van der Waals surface area contributed by atoms with Gasteiger partial charge in [0, 0.05) is 37.3 Å². The molecule has 0 spiro atoms. The Labute approximate surface area is 234 Å². The van der Waals surface area contributed by atoms with Gasteiger partial charge in [-0.25, -0.2) is 18.3 Å². The molecule has 40 heavy (non-hydrogen) atoms. The number of carboxylic acid groups (broad SMARTS) is 1. The third-order valence-corrected chi connectivity index (χ3v) is 9.55. The average Bonchev–Trinajstić information content (AvgIpc) is 3.34. The summed E-state index contributed by atoms with van der Waals surface area (Å²) in [5, 5.41) is 19.9. The predicted octanol–water partition coefficient (Wildman–Crippen LogP) is 7.13. The number of rotatable bonds is 7. The second kappa shape index (κ2) is 9.79. The number of carboxylic acids is 1. The standard InChI is InChI=1S/C28H22F2N4O4S2/c1-14(15-6-4-3-5-7-15)38-27(37)31-25-24(32-33-34(25)2)17-11-18(29)16(10-19(17)30)20-12-21-22(39-20)13-23(40-21)28(8-9-28)26(35)36/h3-7,10-14H,8-9H2,1-2H3,(H,31,37)(H,35,36)/t14-/m1/s1. The number of amides is 1. The van der Waals surface area contributed by atoms with Crippen LogP contribution in [0.5, 0.6) is 0 Å². The molecule has 0 radical (unpaired) electrons. The van der Waals surface area contributed by atoms with Gasteiger partial charge in [0.05, 0.1) is 0 Å². The maximum atomic E-state index is 15.4. The van der Waals surface area contributed by atoms with Gasteiger partial charge in [0.1, 0.15) is 28.8 Å². The first-order valence-electron chi connectivity index (χ1n) is 12.4. The van der Waals surface area contributed by atoms with Crippen LogP contribution in [-0.4, -0.2) is 32.2 Å². The van der Waals surface area contributed by atoms with E-state index in [1.807, 2.05) is 36.4 Å². The van der Waals surface area contributed by atoms with Crippen molar-refractivity contribution in [1.82, 2.24) is 15.0 Å². The van der Waals surface area contributed by atoms with Gasteiger partial charge in [-0.15, -0.1) is 27.8 Å². The fourth-order valence-corrected chi connectivity index (χ4v) is 7.22. The second-order valence-corrected chi connectivity index (χ2v) is 11.8. The Morgan fingerprint density at radius 1 is 1.05 bits per heavy atom. The van der Waals surface area contributed by atoms with Crippen molar-refractivity contribution in [2.75, 3.05) is 5.32 Å². The lowest BCUT2D eigenvalue weighted by Gasteiger charge is -2.15. The number of aryl methyl sites for hydroxylation is 1. The van der Waals surface area contributed by atoms with Crippen LogP contribution in [0.1, 0.15) is 36.3 Å². The first kappa shape index (κ1) is 26.1. The molecule has 1 saturated carbocycles. The van der Waals surface area contributed by atoms with Crippen LogP contribution < -0.4 is 5.32 Å². The highest BCUT2D eigenvalue weighted by Gasteiger charge is 2.53. The third-order valence-electron chi connectivity index (χ3n) is 7.02. The topological polar surface area (TPSA) is 106 Å². The zero-order valence-electron chi connectivity index (χ0n) is 21.3. The molecule has 0 unspecified atom stereocenters. The minimum absolute atomic E-state index is 0.0463. The van der Waals surface area contributed by atoms with E-state index < -0.39 is 35.2 Å². The first-order chi connectivity index (χ1) is 19.2. The van der Waals surface area contributed by atoms with Crippen molar-refractivity contribution in [3.8, 4) is 21.7 Å². The van der Waals surface area contributed by atoms with Gasteiger partial charge in [-0.05, 0) is 49.6 Å². The van der Waals surface area contributed by atoms with Gasteiger partial charge >= 0.3 is 12.1 Å². The molecule has 3 aromatic heterocycles. The molecule has 1 atom stereocenters. The molecule has 2 N–H and O–H groups in total. The van der Waals surface area contributed by atoms with Crippen LogP contribution in [0, 0.1) is 11.6 Å². The maximum Gasteiger partial charge on any atom is 0.413 e. The Morgan fingerprint density at radius 3 is 2.40 bits per heavy atom. The normalized spacial score (nSPS) is 14.7. The van der Waals surface area contributed by atoms with Crippen LogP contribution in [-0.2, 0) is 22.0 Å². The van der Waals surface area contributed by atoms with Crippen molar-refractivity contribution in [3.63, 3.8) is 0 Å². The van der Waals surface area contributed by atoms with Crippen LogP contribution in [0.25, 0.3) is 31.1 Å². The largest absolute Gasteiger partial charge is 0.481 e. The number of carbonyl (C=O) groups is 2. The van der Waals surface area contributed by atoms with E-state index >= 15 is 8.78 Å². The molecule has 5 aromatic rings. The lowest BCUT2D eigenvalue weighted by molar-refractivity contribution is -0.139. The Hall–Kier alpha value is -4.16. The highest BCUT2D eigenvalue weighted by Crippen LogP contribution is 2.53. The number of hydrogen-bond acceptors (Lipinski definition) is 7. The number of nitrogens with one attached hydrogen (secondary N) is 1. The lowest BCUT2D eigenvalue weighted by Crippen LogP contribution is -2.18. The third kappa shape index (κ3) is 4.52. The van der Waals surface area contributed by atoms with E-state index in [2.05, 4.69) is 15.6 Å². The Morgan fingerprint density at radius 2 is 1.73 bits per heavy atom. The summed E-state index contributed by atoms with van der Waals surface area (Å²) in [5.74, 6) is -2.20. The van der Waals surface area contributed by atoms with Gasteiger partial charge in [0.25, 0.3) is 0 Å². The van der Waals surface area contributed by atoms with Crippen LogP contribution >= 0.6 is 22.7 Å². The summed E-state index contributed by atoms with van der Waals surface area (Å²) < 4.78 is 39.1. The van der Waals surface area contributed by atoms with Crippen LogP contribution in [0.15, 0.2) is 54.6 Å². The van der Waals surface area contributed by atoms with E-state index in [4.69, 9.17) is 4.74 Å². The zero-order chi connectivity index (χ0) is 28.2. The molecule has 3 heterocycles. The number of anilines is 1. The Bertz CT molecular complexity index is 1740. The zero-order valence-corrected chi connectivity index (χ0v) is 22.9. The van der Waals surface area contributed by atoms with Crippen molar-refractivity contribution in [2.24, 2.45) is 7.05 Å². The molecule has 12 heteroatoms. The van der Waals surface area contributed by atoms with Gasteiger partial charge in [-0.2, -0.15) is 0 Å². The van der Waals surface area contributed by atoms with Gasteiger partial charge in [0.2, 0.25) is 0 Å². The van der Waals surface area contributed by atoms with Gasteiger partial charge in [-0.1, -0.05) is 35.5 Å². The molecule has 1 aliphatic rings. The molecule has 0 saturated heterocycles. The number of aromatic nitrogens is 3. The number of fused-ring (bicyclic) bond motifs is 1. The number of thiophene rings is 2. The molecule has 8 nitrogen and oxygen atoms in total. The van der Waals surface area contributed by atoms with Crippen molar-refractivity contribution < 1.29 is 28.2 Å². The van der Waals surface area contributed by atoms with Crippen molar-refractivity contribution in [1.29, 1.82) is 0 Å². The molecule has 6 rings (SSSR count). The SMILES string of the molecule is C[C@@H](OC(=O)Nc1c(-c2cc(F)c(-c3cc4sc(C5(C(=O)O)CC5)cc4s3)cc2F)nnn1C)c1ccccc1. The molecule has 2 aromatic carbocycles. The first-order valence-corrected chi connectivity index (χ1v) is 14.0. The molecule has 1 fully saturated rings. The second-order valence-electron chi connectivity index (χ2n) is 9.64. The lowest BCUT2D eigenvalue weighted by atomic mass is 10.1. The summed E-state index contributed by atoms with van der Waals surface area (Å²) in [7, 11) is 1.51. The minimum atomic E-state index is -0.831. The summed E-state index contributed by atoms with van der Waals surface area (Å²) in [6, 6.07) is 14.9. The highest BCUT2D eigenvalue weighted by atomic mass is 32.1. The Kier molecular flexibility index (Phi) is 6.38. The van der Waals surface area contributed by atoms with Gasteiger partial charge < -0.3 is 9.84 Å². The highest BCUT2D eigenvalue weighted by molar-refractivity contribution is 7.29. The molecule has 1 aliphatic carbocycles. The van der Waals surface area contributed by atoms with Crippen molar-refractivity contribution >= 4 is 50.0 Å². The molecule has 1 amide bonds. The summed E-state index contributed by atoms with van der Waals surface area (Å²) in [4.78, 5) is 25.6. The van der Waals surface area contributed by atoms with E-state index in [0.717, 1.165) is 32.0 Å². The quantitative estimate of drug-likeness (QED) is 0.212. The smallest absolute Gasteiger partial charge is 0.413 e. The van der Waals surface area contributed by atoms with E-state index in [9.17, 15) is 14.7 Å². The number of aliphatic carboxylic acids is 1. The van der Waals surface area contributed by atoms with Crippen LogP contribution in [0.4, 0.5) is 19.4 Å². The molecular weight excluding hydrogens is 558 g/mol. The number of ether oxygens (including phenoxy) is 1. The summed E-state index contributed by atoms with van der Waals surface area (Å²) in [6.07, 6.45) is -0.135. The summed E-state index contributed by atoms with van der Waals surface area (Å²) in [5.41, 5.74) is -0.154. The molecule has 204 valence electrons. The molecule has 0 bridgehead atoms. The number of halogens is 2. The predicted molar refractivity (Wildman–Crippen MR) is 149 cm³/mol. The van der Waals surface area contributed by atoms with E-state index in [-0.39, 0.29) is 22.6 Å². The van der Waals surface area contributed by atoms with Gasteiger partial charge in [-0.3, -0.25) is 10.1 Å². The van der Waals surface area contributed by atoms with Crippen molar-refractivity contribution in [2.45, 2.75) is 31.3 Å². The Balaban J connectivity index is 1.26. The molecule has 0 aliphatic heterocycles. The van der Waals surface area contributed by atoms with Crippen LogP contribution in [0.3, 0.4) is 0 Å². The van der Waals surface area contributed by atoms with Gasteiger partial charge in [0.15, 0.2) is 5.82 Å². The van der Waals surface area contributed by atoms with E-state index in [1.54, 1.807) is 13.0 Å². The number of carbonyl (C=O) groups excluding carboxylic acids is 1. The van der Waals surface area contributed by atoms with E-state index in [1.165, 1.54) is 34.4 Å². The fraction of sp³-hybridized carbons (Fsp3) is 0.214. The molecular formula is C28H22F2N4O4S2. The summed E-state index contributed by atoms with van der Waals surface area (Å²) >= 11 is 2.65. The fourth-order valence-electron chi connectivity index (χ4n) is 4.57. The maximum absolute atomic E-state index is 15.4. The number of benzene rings is 2. The van der Waals surface area contributed by atoms with E-state index in [0.29, 0.717) is 17.7 Å². The number of hydrogen-bond donors (Lipinski definition) is 2.